The van der Waals surface area contributed by atoms with E-state index in [9.17, 15) is 5.11 Å². The van der Waals surface area contributed by atoms with E-state index in [1.165, 1.54) is 0 Å². The van der Waals surface area contributed by atoms with Gasteiger partial charge in [0.2, 0.25) is 0 Å². The fourth-order valence-corrected chi connectivity index (χ4v) is 2.61. The van der Waals surface area contributed by atoms with Gasteiger partial charge < -0.3 is 14.7 Å². The molecule has 0 saturated heterocycles. The van der Waals surface area contributed by atoms with Crippen molar-refractivity contribution in [2.45, 2.75) is 31.6 Å². The van der Waals surface area contributed by atoms with Crippen molar-refractivity contribution in [1.29, 1.82) is 5.26 Å². The SMILES string of the molecule is CN(C(=S)S)C1c2cc(C#N)ccc2OC(C)(C)C1O. The molecule has 1 N–H and O–H groups in total. The van der Waals surface area contributed by atoms with Gasteiger partial charge in [-0.2, -0.15) is 5.26 Å². The first kappa shape index (κ1) is 15.1. The molecule has 0 radical (unpaired) electrons. The predicted octanol–water partition coefficient (Wildman–Crippen LogP) is 2.28. The smallest absolute Gasteiger partial charge is 0.133 e. The summed E-state index contributed by atoms with van der Waals surface area (Å²) in [5, 5.41) is 19.6. The molecular formula is C14H16N2O2S2. The lowest BCUT2D eigenvalue weighted by Crippen LogP contribution is -2.53. The van der Waals surface area contributed by atoms with Crippen molar-refractivity contribution in [1.82, 2.24) is 4.90 Å². The molecule has 0 aromatic heterocycles. The van der Waals surface area contributed by atoms with Crippen LogP contribution < -0.4 is 4.74 Å². The van der Waals surface area contributed by atoms with E-state index < -0.39 is 17.7 Å². The van der Waals surface area contributed by atoms with Crippen molar-refractivity contribution in [2.75, 3.05) is 7.05 Å². The topological polar surface area (TPSA) is 56.5 Å². The Kier molecular flexibility index (Phi) is 3.96. The van der Waals surface area contributed by atoms with Gasteiger partial charge in [0.05, 0.1) is 17.7 Å². The number of fused-ring (bicyclic) bond motifs is 1. The Morgan fingerprint density at radius 3 is 2.75 bits per heavy atom. The minimum absolute atomic E-state index is 0.375. The molecule has 4 nitrogen and oxygen atoms in total. The average molecular weight is 308 g/mol. The second-order valence-corrected chi connectivity index (χ2v) is 6.47. The molecule has 1 heterocycles. The van der Waals surface area contributed by atoms with Crippen LogP contribution in [0.1, 0.15) is 31.0 Å². The molecule has 0 saturated carbocycles. The summed E-state index contributed by atoms with van der Waals surface area (Å²) in [5.41, 5.74) is 0.510. The summed E-state index contributed by atoms with van der Waals surface area (Å²) < 4.78 is 6.21. The lowest BCUT2D eigenvalue weighted by atomic mass is 9.85. The molecule has 0 fully saturated rings. The molecule has 1 aliphatic rings. The van der Waals surface area contributed by atoms with Gasteiger partial charge in [0.25, 0.3) is 0 Å². The summed E-state index contributed by atoms with van der Waals surface area (Å²) in [5.74, 6) is 0.653. The summed E-state index contributed by atoms with van der Waals surface area (Å²) in [4.78, 5) is 1.72. The zero-order valence-corrected chi connectivity index (χ0v) is 13.2. The molecule has 2 rings (SSSR count). The van der Waals surface area contributed by atoms with Crippen molar-refractivity contribution >= 4 is 29.2 Å². The van der Waals surface area contributed by atoms with E-state index in [-0.39, 0.29) is 0 Å². The number of aliphatic hydroxyl groups is 1. The first-order valence-electron chi connectivity index (χ1n) is 6.15. The third-order valence-corrected chi connectivity index (χ3v) is 4.16. The molecule has 20 heavy (non-hydrogen) atoms. The van der Waals surface area contributed by atoms with Crippen LogP contribution in [0.2, 0.25) is 0 Å². The number of thiol groups is 1. The highest BCUT2D eigenvalue weighted by molar-refractivity contribution is 8.10. The van der Waals surface area contributed by atoms with Crippen LogP contribution in [0.3, 0.4) is 0 Å². The lowest BCUT2D eigenvalue weighted by Gasteiger charge is -2.45. The summed E-state index contributed by atoms with van der Waals surface area (Å²) in [6.45, 7) is 3.64. The van der Waals surface area contributed by atoms with E-state index >= 15 is 0 Å². The summed E-state index contributed by atoms with van der Waals surface area (Å²) in [6.07, 6.45) is -0.793. The normalized spacial score (nSPS) is 23.2. The Labute approximate surface area is 129 Å². The third kappa shape index (κ3) is 2.49. The van der Waals surface area contributed by atoms with Crippen molar-refractivity contribution in [2.24, 2.45) is 0 Å². The minimum atomic E-state index is -0.793. The highest BCUT2D eigenvalue weighted by atomic mass is 32.1. The maximum absolute atomic E-state index is 10.6. The zero-order chi connectivity index (χ0) is 15.1. The molecule has 1 aromatic rings. The van der Waals surface area contributed by atoms with Crippen molar-refractivity contribution in [3.63, 3.8) is 0 Å². The monoisotopic (exact) mass is 308 g/mol. The van der Waals surface area contributed by atoms with Gasteiger partial charge in [-0.1, -0.05) is 12.2 Å². The van der Waals surface area contributed by atoms with Gasteiger partial charge in [-0.15, -0.1) is 12.6 Å². The van der Waals surface area contributed by atoms with E-state index in [0.29, 0.717) is 15.6 Å². The van der Waals surface area contributed by atoms with Crippen molar-refractivity contribution in [3.05, 3.63) is 29.3 Å². The largest absolute Gasteiger partial charge is 0.485 e. The highest BCUT2D eigenvalue weighted by Gasteiger charge is 2.45. The molecular weight excluding hydrogens is 292 g/mol. The number of benzene rings is 1. The maximum atomic E-state index is 10.6. The molecule has 0 amide bonds. The second kappa shape index (κ2) is 5.24. The van der Waals surface area contributed by atoms with Crippen LogP contribution in [0.25, 0.3) is 0 Å². The quantitative estimate of drug-likeness (QED) is 0.616. The Morgan fingerprint density at radius 2 is 2.20 bits per heavy atom. The van der Waals surface area contributed by atoms with Gasteiger partial charge in [-0.25, -0.2) is 0 Å². The van der Waals surface area contributed by atoms with Crippen LogP contribution in [0.4, 0.5) is 0 Å². The molecule has 6 heteroatoms. The van der Waals surface area contributed by atoms with Crippen LogP contribution in [0, 0.1) is 11.3 Å². The van der Waals surface area contributed by atoms with Crippen LogP contribution in [0.5, 0.6) is 5.75 Å². The summed E-state index contributed by atoms with van der Waals surface area (Å²) in [7, 11) is 1.77. The number of nitriles is 1. The van der Waals surface area contributed by atoms with E-state index in [4.69, 9.17) is 22.2 Å². The lowest BCUT2D eigenvalue weighted by molar-refractivity contribution is -0.0777. The Bertz CT molecular complexity index is 595. The van der Waals surface area contributed by atoms with Gasteiger partial charge in [-0.05, 0) is 32.0 Å². The Morgan fingerprint density at radius 1 is 1.55 bits per heavy atom. The zero-order valence-electron chi connectivity index (χ0n) is 11.5. The number of hydrogen-bond donors (Lipinski definition) is 2. The molecule has 2 unspecified atom stereocenters. The molecule has 1 aromatic carbocycles. The van der Waals surface area contributed by atoms with Crippen LogP contribution in [-0.4, -0.2) is 33.1 Å². The van der Waals surface area contributed by atoms with E-state index in [1.807, 2.05) is 13.8 Å². The predicted molar refractivity (Wildman–Crippen MR) is 84.0 cm³/mol. The Balaban J connectivity index is 2.60. The standard InChI is InChI=1S/C14H16N2O2S2/c1-14(2)12(17)11(16(3)13(19)20)9-6-8(7-15)4-5-10(9)18-14/h4-6,11-12,17H,1-3H3,(H,19,20). The average Bonchev–Trinajstić information content (AvgIpc) is 2.38. The highest BCUT2D eigenvalue weighted by Crippen LogP contribution is 2.43. The molecule has 106 valence electrons. The van der Waals surface area contributed by atoms with Crippen LogP contribution in [0.15, 0.2) is 18.2 Å². The number of aliphatic hydroxyl groups excluding tert-OH is 1. The van der Waals surface area contributed by atoms with Crippen LogP contribution >= 0.6 is 24.8 Å². The maximum Gasteiger partial charge on any atom is 0.133 e. The molecule has 0 bridgehead atoms. The van der Waals surface area contributed by atoms with E-state index in [0.717, 1.165) is 5.56 Å². The minimum Gasteiger partial charge on any atom is -0.485 e. The van der Waals surface area contributed by atoms with Gasteiger partial charge in [0.15, 0.2) is 0 Å². The number of likely N-dealkylation sites (N-methyl/N-ethyl adjacent to an activating group) is 1. The number of rotatable bonds is 1. The third-order valence-electron chi connectivity index (χ3n) is 3.56. The summed E-state index contributed by atoms with van der Waals surface area (Å²) in [6, 6.07) is 6.87. The van der Waals surface area contributed by atoms with Crippen LogP contribution in [-0.2, 0) is 0 Å². The van der Waals surface area contributed by atoms with Gasteiger partial charge in [0.1, 0.15) is 21.8 Å². The number of hydrogen-bond acceptors (Lipinski definition) is 4. The van der Waals surface area contributed by atoms with Crippen molar-refractivity contribution < 1.29 is 9.84 Å². The molecule has 2 atom stereocenters. The van der Waals surface area contributed by atoms with E-state index in [2.05, 4.69) is 18.7 Å². The van der Waals surface area contributed by atoms with E-state index in [1.54, 1.807) is 30.1 Å². The van der Waals surface area contributed by atoms with Gasteiger partial charge >= 0.3 is 0 Å². The number of nitrogens with zero attached hydrogens (tertiary/aromatic N) is 2. The molecule has 1 aliphatic heterocycles. The first-order chi connectivity index (χ1) is 9.27. The Hall–Kier alpha value is -1.29. The van der Waals surface area contributed by atoms with Gasteiger partial charge in [0, 0.05) is 12.6 Å². The molecule has 0 aliphatic carbocycles. The van der Waals surface area contributed by atoms with Crippen molar-refractivity contribution in [3.8, 4) is 11.8 Å². The molecule has 0 spiro atoms. The fourth-order valence-electron chi connectivity index (χ4n) is 2.38. The second-order valence-electron chi connectivity index (χ2n) is 5.35. The first-order valence-corrected chi connectivity index (χ1v) is 7.00. The fraction of sp³-hybridized carbons (Fsp3) is 0.429. The number of ether oxygens (including phenoxy) is 1. The van der Waals surface area contributed by atoms with Gasteiger partial charge in [-0.3, -0.25) is 0 Å². The number of thiocarbonyl (C=S) groups is 1. The summed E-state index contributed by atoms with van der Waals surface area (Å²) >= 11 is 9.27.